The highest BCUT2D eigenvalue weighted by molar-refractivity contribution is 5.93. The van der Waals surface area contributed by atoms with Crippen molar-refractivity contribution in [2.24, 2.45) is 0 Å². The zero-order valence-electron chi connectivity index (χ0n) is 16.5. The molecule has 0 unspecified atom stereocenters. The molecule has 2 aromatic carbocycles. The molecule has 30 heavy (non-hydrogen) atoms. The van der Waals surface area contributed by atoms with Crippen LogP contribution in [0.5, 0.6) is 11.5 Å². The van der Waals surface area contributed by atoms with E-state index in [1.807, 2.05) is 0 Å². The average Bonchev–Trinajstić information content (AvgIpc) is 2.76. The number of ether oxygens (including phenoxy) is 4. The molecule has 0 N–H and O–H groups in total. The van der Waals surface area contributed by atoms with Gasteiger partial charge in [0.2, 0.25) is 0 Å². The van der Waals surface area contributed by atoms with E-state index in [9.17, 15) is 14.4 Å². The van der Waals surface area contributed by atoms with Crippen LogP contribution in [-0.4, -0.2) is 38.2 Å². The minimum Gasteiger partial charge on any atom is -0.497 e. The fourth-order valence-corrected chi connectivity index (χ4v) is 2.21. The van der Waals surface area contributed by atoms with Gasteiger partial charge in [-0.05, 0) is 35.9 Å². The highest BCUT2D eigenvalue weighted by Crippen LogP contribution is 2.13. The molecule has 0 spiro atoms. The Kier molecular flexibility index (Phi) is 8.86. The zero-order valence-corrected chi connectivity index (χ0v) is 16.5. The second-order valence-electron chi connectivity index (χ2n) is 5.98. The Morgan fingerprint density at radius 1 is 0.900 bits per heavy atom. The smallest absolute Gasteiger partial charge is 0.334 e. The van der Waals surface area contributed by atoms with E-state index in [1.54, 1.807) is 67.8 Å². The molecule has 7 nitrogen and oxygen atoms in total. The fraction of sp³-hybridized carbons (Fsp3) is 0.174. The summed E-state index contributed by atoms with van der Waals surface area (Å²) in [6.45, 7) is 3.24. The Balaban J connectivity index is 1.64. The number of benzene rings is 2. The van der Waals surface area contributed by atoms with Crippen LogP contribution in [0.15, 0.2) is 72.8 Å². The number of esters is 3. The fourth-order valence-electron chi connectivity index (χ4n) is 2.21. The van der Waals surface area contributed by atoms with Gasteiger partial charge in [-0.25, -0.2) is 9.59 Å². The van der Waals surface area contributed by atoms with E-state index in [0.29, 0.717) is 11.5 Å². The van der Waals surface area contributed by atoms with Gasteiger partial charge in [0, 0.05) is 11.6 Å². The lowest BCUT2D eigenvalue weighted by atomic mass is 10.2. The van der Waals surface area contributed by atoms with E-state index in [0.717, 1.165) is 5.56 Å². The first-order chi connectivity index (χ1) is 14.5. The molecule has 0 amide bonds. The van der Waals surface area contributed by atoms with Crippen LogP contribution in [0.25, 0.3) is 6.08 Å². The number of hydrogen-bond acceptors (Lipinski definition) is 7. The summed E-state index contributed by atoms with van der Waals surface area (Å²) in [5, 5.41) is 0. The van der Waals surface area contributed by atoms with E-state index in [-0.39, 0.29) is 25.2 Å². The van der Waals surface area contributed by atoms with E-state index in [2.05, 4.69) is 6.58 Å². The zero-order chi connectivity index (χ0) is 21.8. The molecule has 0 radical (unpaired) electrons. The van der Waals surface area contributed by atoms with Gasteiger partial charge < -0.3 is 18.9 Å². The Bertz CT molecular complexity index is 899. The van der Waals surface area contributed by atoms with Crippen LogP contribution in [0.2, 0.25) is 0 Å². The first-order valence-electron chi connectivity index (χ1n) is 9.07. The summed E-state index contributed by atoms with van der Waals surface area (Å²) >= 11 is 0. The van der Waals surface area contributed by atoms with Crippen molar-refractivity contribution >= 4 is 24.0 Å². The molecular weight excluding hydrogens is 388 g/mol. The Morgan fingerprint density at radius 3 is 2.23 bits per heavy atom. The van der Waals surface area contributed by atoms with Crippen LogP contribution in [0.3, 0.4) is 0 Å². The van der Waals surface area contributed by atoms with Crippen LogP contribution in [0.4, 0.5) is 0 Å². The molecule has 7 heteroatoms. The van der Waals surface area contributed by atoms with E-state index in [4.69, 9.17) is 18.9 Å². The molecule has 0 atom stereocenters. The van der Waals surface area contributed by atoms with Crippen molar-refractivity contribution < 1.29 is 33.3 Å². The maximum atomic E-state index is 11.8. The van der Waals surface area contributed by atoms with Crippen molar-refractivity contribution in [3.63, 3.8) is 0 Å². The number of rotatable bonds is 10. The monoisotopic (exact) mass is 410 g/mol. The largest absolute Gasteiger partial charge is 0.497 e. The number of carbonyl (C=O) groups is 3. The van der Waals surface area contributed by atoms with Gasteiger partial charge >= 0.3 is 17.9 Å². The minimum atomic E-state index is -0.759. The van der Waals surface area contributed by atoms with Crippen LogP contribution >= 0.6 is 0 Å². The lowest BCUT2D eigenvalue weighted by Crippen LogP contribution is -2.17. The predicted molar refractivity (Wildman–Crippen MR) is 110 cm³/mol. The molecule has 156 valence electrons. The van der Waals surface area contributed by atoms with Crippen molar-refractivity contribution in [3.05, 3.63) is 78.4 Å². The number of carbonyl (C=O) groups excluding carboxylic acids is 3. The third kappa shape index (κ3) is 8.02. The van der Waals surface area contributed by atoms with Crippen LogP contribution < -0.4 is 9.47 Å². The van der Waals surface area contributed by atoms with Gasteiger partial charge in [-0.15, -0.1) is 0 Å². The summed E-state index contributed by atoms with van der Waals surface area (Å²) in [7, 11) is 1.57. The summed E-state index contributed by atoms with van der Waals surface area (Å²) in [5.74, 6) is -0.875. The summed E-state index contributed by atoms with van der Waals surface area (Å²) in [6, 6.07) is 15.6. The van der Waals surface area contributed by atoms with Gasteiger partial charge in [0.05, 0.1) is 13.5 Å². The predicted octanol–water partition coefficient (Wildman–Crippen LogP) is 3.35. The third-order valence-electron chi connectivity index (χ3n) is 3.71. The van der Waals surface area contributed by atoms with E-state index >= 15 is 0 Å². The molecule has 0 aliphatic heterocycles. The summed E-state index contributed by atoms with van der Waals surface area (Å²) < 4.78 is 20.0. The molecule has 0 aliphatic carbocycles. The van der Waals surface area contributed by atoms with Crippen molar-refractivity contribution in [1.82, 2.24) is 0 Å². The normalized spacial score (nSPS) is 10.3. The van der Waals surface area contributed by atoms with Gasteiger partial charge in [0.25, 0.3) is 0 Å². The Morgan fingerprint density at radius 2 is 1.57 bits per heavy atom. The van der Waals surface area contributed by atoms with E-state index < -0.39 is 17.9 Å². The van der Waals surface area contributed by atoms with Crippen LogP contribution in [-0.2, 0) is 23.9 Å². The maximum absolute atomic E-state index is 11.8. The molecule has 0 bridgehead atoms. The third-order valence-corrected chi connectivity index (χ3v) is 3.71. The highest BCUT2D eigenvalue weighted by atomic mass is 16.6. The number of methoxy groups -OCH3 is 1. The molecule has 0 saturated carbocycles. The molecule has 0 saturated heterocycles. The topological polar surface area (TPSA) is 88.1 Å². The van der Waals surface area contributed by atoms with Crippen molar-refractivity contribution in [2.45, 2.75) is 6.42 Å². The Labute approximate surface area is 174 Å². The van der Waals surface area contributed by atoms with Crippen LogP contribution in [0.1, 0.15) is 12.0 Å². The Hall–Kier alpha value is -3.87. The molecule has 2 aromatic rings. The summed E-state index contributed by atoms with van der Waals surface area (Å²) in [5.41, 5.74) is 0.750. The van der Waals surface area contributed by atoms with Crippen LogP contribution in [0, 0.1) is 0 Å². The standard InChI is InChI=1S/C23H22O7/c1-17(16-22(25)30-20-6-4-3-5-7-20)23(26)29-15-14-28-21(24)13-10-18-8-11-19(27-2)12-9-18/h3-13H,1,14-16H2,2H3/b13-10+. The van der Waals surface area contributed by atoms with Gasteiger partial charge in [0.1, 0.15) is 24.7 Å². The summed E-state index contributed by atoms with van der Waals surface area (Å²) in [6.07, 6.45) is 2.55. The van der Waals surface area contributed by atoms with Crippen molar-refractivity contribution in [1.29, 1.82) is 0 Å². The molecule has 0 aliphatic rings. The second kappa shape index (κ2) is 11.9. The second-order valence-corrected chi connectivity index (χ2v) is 5.98. The highest BCUT2D eigenvalue weighted by Gasteiger charge is 2.15. The lowest BCUT2D eigenvalue weighted by molar-refractivity contribution is -0.147. The first-order valence-corrected chi connectivity index (χ1v) is 9.07. The minimum absolute atomic E-state index is 0.0540. The van der Waals surface area contributed by atoms with Gasteiger partial charge in [-0.2, -0.15) is 0 Å². The lowest BCUT2D eigenvalue weighted by Gasteiger charge is -2.07. The maximum Gasteiger partial charge on any atom is 0.334 e. The van der Waals surface area contributed by atoms with Gasteiger partial charge in [0.15, 0.2) is 0 Å². The number of hydrogen-bond donors (Lipinski definition) is 0. The molecule has 0 heterocycles. The number of para-hydroxylation sites is 1. The van der Waals surface area contributed by atoms with Gasteiger partial charge in [-0.1, -0.05) is 36.9 Å². The van der Waals surface area contributed by atoms with Crippen molar-refractivity contribution in [2.75, 3.05) is 20.3 Å². The van der Waals surface area contributed by atoms with E-state index in [1.165, 1.54) is 6.08 Å². The molecule has 2 rings (SSSR count). The molecule has 0 aromatic heterocycles. The quantitative estimate of drug-likeness (QED) is 0.257. The van der Waals surface area contributed by atoms with Gasteiger partial charge in [-0.3, -0.25) is 4.79 Å². The summed E-state index contributed by atoms with van der Waals surface area (Å²) in [4.78, 5) is 35.3. The first kappa shape index (κ1) is 22.4. The average molecular weight is 410 g/mol. The SMILES string of the molecule is C=C(CC(=O)Oc1ccccc1)C(=O)OCCOC(=O)/C=C/c1ccc(OC)cc1. The van der Waals surface area contributed by atoms with Crippen molar-refractivity contribution in [3.8, 4) is 11.5 Å². The molecule has 0 fully saturated rings. The molecular formula is C23H22O7.